The Morgan fingerprint density at radius 3 is 1.85 bits per heavy atom. The number of aromatic nitrogens is 2. The van der Waals surface area contributed by atoms with Gasteiger partial charge in [-0.25, -0.2) is 4.98 Å². The van der Waals surface area contributed by atoms with Gasteiger partial charge in [0.1, 0.15) is 5.82 Å². The number of hydrogen-bond donors (Lipinski definition) is 0. The first-order valence-electron chi connectivity index (χ1n) is 21.1. The Morgan fingerprint density at radius 1 is 0.393 bits per heavy atom. The molecule has 3 heteroatoms. The molecule has 2 aromatic heterocycles. The van der Waals surface area contributed by atoms with Gasteiger partial charge in [0.25, 0.3) is 0 Å². The highest BCUT2D eigenvalue weighted by molar-refractivity contribution is 6.15. The van der Waals surface area contributed by atoms with Gasteiger partial charge in [-0.15, -0.1) is 0 Å². The van der Waals surface area contributed by atoms with E-state index in [9.17, 15) is 0 Å². The first-order valence-corrected chi connectivity index (χ1v) is 21.1. The number of nitrogens with zero attached hydrogens (tertiary/aromatic N) is 3. The molecular weight excluding hydrogens is 739 g/mol. The topological polar surface area (TPSA) is 21.1 Å². The van der Waals surface area contributed by atoms with Crippen LogP contribution in [0.2, 0.25) is 0 Å². The van der Waals surface area contributed by atoms with Gasteiger partial charge in [-0.3, -0.25) is 4.90 Å². The van der Waals surface area contributed by atoms with Gasteiger partial charge in [0.05, 0.1) is 33.5 Å². The van der Waals surface area contributed by atoms with Crippen molar-refractivity contribution in [2.75, 3.05) is 4.90 Å². The summed E-state index contributed by atoms with van der Waals surface area (Å²) in [5.41, 5.74) is 17.3. The molecule has 0 saturated heterocycles. The quantitative estimate of drug-likeness (QED) is 0.174. The summed E-state index contributed by atoms with van der Waals surface area (Å²) in [5.74, 6) is 0.882. The molecule has 0 fully saturated rings. The second kappa shape index (κ2) is 13.0. The van der Waals surface area contributed by atoms with E-state index in [1.54, 1.807) is 0 Å². The number of fused-ring (bicyclic) bond motifs is 8. The molecular formula is C58H37N3. The number of benzene rings is 9. The summed E-state index contributed by atoms with van der Waals surface area (Å²) in [6, 6.07) is 82.1. The van der Waals surface area contributed by atoms with Crippen LogP contribution in [0.1, 0.15) is 22.3 Å². The molecule has 0 radical (unpaired) electrons. The van der Waals surface area contributed by atoms with Crippen LogP contribution in [-0.2, 0) is 5.41 Å². The Bertz CT molecular complexity index is 3490. The molecule has 0 unspecified atom stereocenters. The van der Waals surface area contributed by atoms with Crippen LogP contribution >= 0.6 is 0 Å². The minimum Gasteiger partial charge on any atom is -0.309 e. The second-order valence-electron chi connectivity index (χ2n) is 16.3. The molecule has 13 rings (SSSR count). The van der Waals surface area contributed by atoms with Gasteiger partial charge in [0, 0.05) is 33.0 Å². The number of anilines is 3. The molecule has 0 atom stereocenters. The van der Waals surface area contributed by atoms with Crippen molar-refractivity contribution in [3.63, 3.8) is 0 Å². The molecule has 1 aliphatic heterocycles. The molecule has 0 N–H and O–H groups in total. The third-order valence-electron chi connectivity index (χ3n) is 13.2. The van der Waals surface area contributed by atoms with Crippen molar-refractivity contribution in [3.05, 3.63) is 247 Å². The van der Waals surface area contributed by atoms with E-state index in [4.69, 9.17) is 4.98 Å². The normalized spacial score (nSPS) is 13.3. The van der Waals surface area contributed by atoms with Gasteiger partial charge in [0.15, 0.2) is 0 Å². The number of rotatable bonds is 5. The Kier molecular flexibility index (Phi) is 7.22. The fourth-order valence-corrected chi connectivity index (χ4v) is 10.7. The van der Waals surface area contributed by atoms with Crippen molar-refractivity contribution in [1.29, 1.82) is 0 Å². The van der Waals surface area contributed by atoms with Crippen molar-refractivity contribution in [3.8, 4) is 39.2 Å². The highest BCUT2D eigenvalue weighted by Gasteiger charge is 2.47. The lowest BCUT2D eigenvalue weighted by Crippen LogP contribution is -2.29. The minimum atomic E-state index is -0.526. The maximum atomic E-state index is 5.58. The summed E-state index contributed by atoms with van der Waals surface area (Å²) in [4.78, 5) is 8.00. The van der Waals surface area contributed by atoms with Crippen molar-refractivity contribution in [1.82, 2.24) is 9.55 Å². The van der Waals surface area contributed by atoms with E-state index in [1.807, 2.05) is 0 Å². The maximum Gasteiger partial charge on any atom is 0.138 e. The first kappa shape index (κ1) is 33.9. The van der Waals surface area contributed by atoms with E-state index in [2.05, 4.69) is 234 Å². The van der Waals surface area contributed by atoms with Crippen LogP contribution in [0.4, 0.5) is 17.2 Å². The molecule has 3 nitrogen and oxygen atoms in total. The largest absolute Gasteiger partial charge is 0.309 e. The third kappa shape index (κ3) is 4.77. The van der Waals surface area contributed by atoms with Crippen LogP contribution in [0.25, 0.3) is 71.8 Å². The zero-order chi connectivity index (χ0) is 40.1. The monoisotopic (exact) mass is 775 g/mol. The predicted octanol–water partition coefficient (Wildman–Crippen LogP) is 14.8. The van der Waals surface area contributed by atoms with E-state index in [0.29, 0.717) is 0 Å². The third-order valence-corrected chi connectivity index (χ3v) is 13.2. The average Bonchev–Trinajstić information content (AvgIpc) is 3.82. The Balaban J connectivity index is 1.06. The lowest BCUT2D eigenvalue weighted by molar-refractivity contribution is 0.768. The fourth-order valence-electron chi connectivity index (χ4n) is 10.7. The standard InChI is InChI=1S/C58H37N3/c1-4-19-40(20-5-1)58(41-21-6-2-7-22-41)49-28-12-10-25-43(49)46-36-48-45-27-14-17-38-18-15-31-54(57(38)45)61(55(48)37-50(46)58)56-32-16-29-51(59-56)39-33-34-53-47(35-39)44-26-11-13-30-52(44)60(53)42-23-8-3-9-24-42/h1-37H. The highest BCUT2D eigenvalue weighted by atomic mass is 15.2. The van der Waals surface area contributed by atoms with E-state index in [-0.39, 0.29) is 0 Å². The number of hydrogen-bond acceptors (Lipinski definition) is 2. The molecule has 0 amide bonds. The van der Waals surface area contributed by atoms with E-state index in [0.717, 1.165) is 34.1 Å². The zero-order valence-corrected chi connectivity index (χ0v) is 33.2. The van der Waals surface area contributed by atoms with E-state index < -0.39 is 5.41 Å². The van der Waals surface area contributed by atoms with Crippen LogP contribution in [0.3, 0.4) is 0 Å². The van der Waals surface area contributed by atoms with Gasteiger partial charge in [0.2, 0.25) is 0 Å². The lowest BCUT2D eigenvalue weighted by Gasteiger charge is -2.37. The van der Waals surface area contributed by atoms with Gasteiger partial charge < -0.3 is 4.57 Å². The average molecular weight is 776 g/mol. The maximum absolute atomic E-state index is 5.58. The second-order valence-corrected chi connectivity index (χ2v) is 16.3. The molecule has 0 spiro atoms. The van der Waals surface area contributed by atoms with Crippen LogP contribution in [0.15, 0.2) is 224 Å². The Hall–Kier alpha value is -8.01. The summed E-state index contributed by atoms with van der Waals surface area (Å²) >= 11 is 0. The molecule has 11 aromatic rings. The van der Waals surface area contributed by atoms with Gasteiger partial charge in [-0.05, 0) is 105 Å². The zero-order valence-electron chi connectivity index (χ0n) is 33.2. The molecule has 1 aliphatic carbocycles. The van der Waals surface area contributed by atoms with Crippen LogP contribution in [-0.4, -0.2) is 9.55 Å². The van der Waals surface area contributed by atoms with Crippen LogP contribution in [0, 0.1) is 0 Å². The van der Waals surface area contributed by atoms with E-state index >= 15 is 0 Å². The molecule has 9 aromatic carbocycles. The highest BCUT2D eigenvalue weighted by Crippen LogP contribution is 2.60. The molecule has 0 bridgehead atoms. The van der Waals surface area contributed by atoms with Crippen LogP contribution in [0.5, 0.6) is 0 Å². The summed E-state index contributed by atoms with van der Waals surface area (Å²) < 4.78 is 2.36. The summed E-state index contributed by atoms with van der Waals surface area (Å²) in [6.45, 7) is 0. The van der Waals surface area contributed by atoms with Gasteiger partial charge in [-0.1, -0.05) is 164 Å². The SMILES string of the molecule is c1ccc(-n2c3ccccc3c3cc(-c4cccc(N5c6cc7c(cc6-c6cccc8cccc5c68)-c5ccccc5C7(c5ccccc5)c5ccccc5)n4)ccc32)cc1. The Labute approximate surface area is 354 Å². The minimum absolute atomic E-state index is 0.526. The molecule has 2 aliphatic rings. The number of para-hydroxylation sites is 2. The summed E-state index contributed by atoms with van der Waals surface area (Å²) in [5, 5.41) is 4.89. The lowest BCUT2D eigenvalue weighted by atomic mass is 9.67. The van der Waals surface area contributed by atoms with E-state index in [1.165, 1.54) is 77.1 Å². The predicted molar refractivity (Wildman–Crippen MR) is 252 cm³/mol. The molecule has 3 heterocycles. The summed E-state index contributed by atoms with van der Waals surface area (Å²) in [6.07, 6.45) is 0. The van der Waals surface area contributed by atoms with Crippen molar-refractivity contribution in [2.45, 2.75) is 5.41 Å². The number of pyridine rings is 1. The van der Waals surface area contributed by atoms with Crippen molar-refractivity contribution in [2.24, 2.45) is 0 Å². The van der Waals surface area contributed by atoms with Crippen LogP contribution < -0.4 is 4.90 Å². The first-order chi connectivity index (χ1) is 30.3. The fraction of sp³-hybridized carbons (Fsp3) is 0.0172. The Morgan fingerprint density at radius 2 is 1.05 bits per heavy atom. The van der Waals surface area contributed by atoms with Gasteiger partial charge >= 0.3 is 0 Å². The molecule has 61 heavy (non-hydrogen) atoms. The van der Waals surface area contributed by atoms with Crippen molar-refractivity contribution < 1.29 is 0 Å². The van der Waals surface area contributed by atoms with Gasteiger partial charge in [-0.2, -0.15) is 0 Å². The smallest absolute Gasteiger partial charge is 0.138 e. The summed E-state index contributed by atoms with van der Waals surface area (Å²) in [7, 11) is 0. The molecule has 0 saturated carbocycles. The van der Waals surface area contributed by atoms with Crippen molar-refractivity contribution >= 4 is 49.8 Å². The molecule has 284 valence electrons.